The van der Waals surface area contributed by atoms with Gasteiger partial charge in [-0.15, -0.1) is 0 Å². The molecule has 0 aliphatic carbocycles. The average molecular weight is 152 g/mol. The van der Waals surface area contributed by atoms with Gasteiger partial charge in [0.25, 0.3) is 0 Å². The first-order chi connectivity index (χ1) is 5.07. The summed E-state index contributed by atoms with van der Waals surface area (Å²) in [4.78, 5) is 3.95. The third kappa shape index (κ3) is 4.48. The summed E-state index contributed by atoms with van der Waals surface area (Å²) in [5.41, 5.74) is 1.60. The van der Waals surface area contributed by atoms with E-state index in [9.17, 15) is 0 Å². The lowest BCUT2D eigenvalue weighted by atomic mass is 10.1. The fourth-order valence-electron chi connectivity index (χ4n) is 0.477. The van der Waals surface area contributed by atoms with Gasteiger partial charge < -0.3 is 5.41 Å². The molecule has 0 radical (unpaired) electrons. The highest BCUT2D eigenvalue weighted by Crippen LogP contribution is 1.95. The quantitative estimate of drug-likeness (QED) is 0.602. The van der Waals surface area contributed by atoms with Crippen molar-refractivity contribution in [2.45, 2.75) is 20.8 Å². The fraction of sp³-hybridized carbons (Fsp3) is 0.556. The van der Waals surface area contributed by atoms with Crippen LogP contribution in [0.15, 0.2) is 17.1 Å². The molecule has 0 spiro atoms. The highest BCUT2D eigenvalue weighted by atomic mass is 14.7. The smallest absolute Gasteiger partial charge is 0.0339 e. The molecule has 0 aromatic heterocycles. The van der Waals surface area contributed by atoms with Crippen LogP contribution in [0.2, 0.25) is 0 Å². The van der Waals surface area contributed by atoms with E-state index in [4.69, 9.17) is 5.41 Å². The van der Waals surface area contributed by atoms with Crippen LogP contribution in [-0.4, -0.2) is 18.5 Å². The van der Waals surface area contributed by atoms with Gasteiger partial charge in [-0.1, -0.05) is 13.8 Å². The summed E-state index contributed by atoms with van der Waals surface area (Å²) in [6.45, 7) is 5.93. The molecule has 0 rings (SSSR count). The van der Waals surface area contributed by atoms with E-state index in [2.05, 4.69) is 4.99 Å². The summed E-state index contributed by atoms with van der Waals surface area (Å²) in [5, 5.41) is 7.47. The van der Waals surface area contributed by atoms with Crippen molar-refractivity contribution in [3.05, 3.63) is 12.2 Å². The number of nitrogens with one attached hydrogen (secondary N) is 1. The third-order valence-electron chi connectivity index (χ3n) is 1.48. The van der Waals surface area contributed by atoms with E-state index in [1.54, 1.807) is 13.1 Å². The first-order valence-electron chi connectivity index (χ1n) is 3.77. The van der Waals surface area contributed by atoms with Crippen molar-refractivity contribution in [2.24, 2.45) is 10.9 Å². The Kier molecular flexibility index (Phi) is 4.42. The molecule has 62 valence electrons. The molecule has 0 saturated carbocycles. The second kappa shape index (κ2) is 4.83. The van der Waals surface area contributed by atoms with Crippen LogP contribution in [0.1, 0.15) is 20.8 Å². The van der Waals surface area contributed by atoms with Crippen LogP contribution in [0.25, 0.3) is 0 Å². The molecular formula is C9H16N2. The lowest BCUT2D eigenvalue weighted by molar-refractivity contribution is 0.882. The molecule has 2 nitrogen and oxygen atoms in total. The molecule has 0 aromatic rings. The molecule has 0 aliphatic rings. The van der Waals surface area contributed by atoms with Crippen LogP contribution in [0.5, 0.6) is 0 Å². The molecule has 1 N–H and O–H groups in total. The van der Waals surface area contributed by atoms with Gasteiger partial charge in [0.15, 0.2) is 0 Å². The largest absolute Gasteiger partial charge is 0.305 e. The second-order valence-corrected chi connectivity index (χ2v) is 2.81. The molecule has 0 aliphatic heterocycles. The summed E-state index contributed by atoms with van der Waals surface area (Å²) in [6.07, 6.45) is 3.66. The Hall–Kier alpha value is -0.920. The van der Waals surface area contributed by atoms with Crippen LogP contribution < -0.4 is 0 Å². The van der Waals surface area contributed by atoms with Gasteiger partial charge in [-0.05, 0) is 25.0 Å². The molecule has 0 bridgehead atoms. The number of hydrogen-bond donors (Lipinski definition) is 1. The fourth-order valence-corrected chi connectivity index (χ4v) is 0.477. The number of rotatable bonds is 3. The topological polar surface area (TPSA) is 36.2 Å². The van der Waals surface area contributed by atoms with E-state index in [0.29, 0.717) is 11.6 Å². The van der Waals surface area contributed by atoms with Gasteiger partial charge in [-0.2, -0.15) is 0 Å². The van der Waals surface area contributed by atoms with E-state index in [1.165, 1.54) is 0 Å². The molecule has 0 fully saturated rings. The minimum atomic E-state index is 0.302. The van der Waals surface area contributed by atoms with Gasteiger partial charge in [0.1, 0.15) is 0 Å². The molecule has 0 amide bonds. The first-order valence-corrected chi connectivity index (χ1v) is 3.77. The third-order valence-corrected chi connectivity index (χ3v) is 1.48. The Morgan fingerprint density at radius 3 is 2.27 bits per heavy atom. The standard InChI is InChI=1S/C9H16N2/c1-7(2)9(10)6-5-8(3)11-4/h5-7,10H,1-4H3/b6-5-,10-9?,11-8?. The Morgan fingerprint density at radius 1 is 1.36 bits per heavy atom. The Morgan fingerprint density at radius 2 is 1.91 bits per heavy atom. The van der Waals surface area contributed by atoms with Gasteiger partial charge in [0.2, 0.25) is 0 Å². The molecule has 0 aromatic carbocycles. The van der Waals surface area contributed by atoms with E-state index in [0.717, 1.165) is 5.71 Å². The van der Waals surface area contributed by atoms with Crippen LogP contribution >= 0.6 is 0 Å². The predicted octanol–water partition coefficient (Wildman–Crippen LogP) is 2.31. The molecule has 0 heterocycles. The van der Waals surface area contributed by atoms with Crippen molar-refractivity contribution in [3.63, 3.8) is 0 Å². The van der Waals surface area contributed by atoms with Gasteiger partial charge in [0, 0.05) is 18.5 Å². The maximum Gasteiger partial charge on any atom is 0.0339 e. The Labute approximate surface area is 68.5 Å². The Balaban J connectivity index is 4.04. The highest BCUT2D eigenvalue weighted by Gasteiger charge is 1.95. The van der Waals surface area contributed by atoms with Crippen molar-refractivity contribution >= 4 is 11.4 Å². The zero-order chi connectivity index (χ0) is 8.85. The first kappa shape index (κ1) is 10.1. The average Bonchev–Trinajstić information content (AvgIpc) is 1.99. The maximum absolute atomic E-state index is 7.47. The van der Waals surface area contributed by atoms with Gasteiger partial charge in [-0.25, -0.2) is 0 Å². The number of hydrogen-bond acceptors (Lipinski definition) is 2. The molecule has 2 heteroatoms. The Bertz CT molecular complexity index is 188. The van der Waals surface area contributed by atoms with Crippen LogP contribution in [-0.2, 0) is 0 Å². The summed E-state index contributed by atoms with van der Waals surface area (Å²) < 4.78 is 0. The molecule has 0 unspecified atom stereocenters. The highest BCUT2D eigenvalue weighted by molar-refractivity contribution is 6.01. The number of nitrogens with zero attached hydrogens (tertiary/aromatic N) is 1. The van der Waals surface area contributed by atoms with E-state index < -0.39 is 0 Å². The van der Waals surface area contributed by atoms with Gasteiger partial charge >= 0.3 is 0 Å². The zero-order valence-corrected chi connectivity index (χ0v) is 7.68. The van der Waals surface area contributed by atoms with Crippen LogP contribution in [0.4, 0.5) is 0 Å². The van der Waals surface area contributed by atoms with Crippen molar-refractivity contribution in [3.8, 4) is 0 Å². The summed E-state index contributed by atoms with van der Waals surface area (Å²) in [5.74, 6) is 0.302. The molecule has 11 heavy (non-hydrogen) atoms. The van der Waals surface area contributed by atoms with Crippen LogP contribution in [0.3, 0.4) is 0 Å². The molecule has 0 atom stereocenters. The predicted molar refractivity (Wildman–Crippen MR) is 50.7 cm³/mol. The lowest BCUT2D eigenvalue weighted by Gasteiger charge is -1.99. The number of allylic oxidation sites excluding steroid dienone is 2. The monoisotopic (exact) mass is 152 g/mol. The normalized spacial score (nSPS) is 13.0. The van der Waals surface area contributed by atoms with E-state index in [-0.39, 0.29) is 0 Å². The van der Waals surface area contributed by atoms with Crippen molar-refractivity contribution < 1.29 is 0 Å². The van der Waals surface area contributed by atoms with Crippen molar-refractivity contribution in [2.75, 3.05) is 7.05 Å². The SMILES string of the molecule is CN=C(C)/C=C\C(=N)C(C)C. The second-order valence-electron chi connectivity index (χ2n) is 2.81. The number of aliphatic imine (C=N–C) groups is 1. The van der Waals surface area contributed by atoms with Gasteiger partial charge in [0.05, 0.1) is 0 Å². The molecular weight excluding hydrogens is 136 g/mol. The van der Waals surface area contributed by atoms with Crippen molar-refractivity contribution in [1.29, 1.82) is 5.41 Å². The zero-order valence-electron chi connectivity index (χ0n) is 7.68. The maximum atomic E-state index is 7.47. The summed E-state index contributed by atoms with van der Waals surface area (Å²) >= 11 is 0. The summed E-state index contributed by atoms with van der Waals surface area (Å²) in [6, 6.07) is 0. The molecule has 0 saturated heterocycles. The van der Waals surface area contributed by atoms with E-state index >= 15 is 0 Å². The van der Waals surface area contributed by atoms with Crippen LogP contribution in [0, 0.1) is 11.3 Å². The summed E-state index contributed by atoms with van der Waals surface area (Å²) in [7, 11) is 1.75. The van der Waals surface area contributed by atoms with Crippen molar-refractivity contribution in [1.82, 2.24) is 0 Å². The minimum absolute atomic E-state index is 0.302. The van der Waals surface area contributed by atoms with Gasteiger partial charge in [-0.3, -0.25) is 4.99 Å². The minimum Gasteiger partial charge on any atom is -0.305 e. The van der Waals surface area contributed by atoms with E-state index in [1.807, 2.05) is 26.8 Å². The lowest BCUT2D eigenvalue weighted by Crippen LogP contribution is -2.01.